The summed E-state index contributed by atoms with van der Waals surface area (Å²) in [5.74, 6) is 1.87. The van der Waals surface area contributed by atoms with E-state index >= 15 is 0 Å². The number of rotatable bonds is 6. The number of aryl methyl sites for hydroxylation is 1. The molecule has 0 bridgehead atoms. The fourth-order valence-electron chi connectivity index (χ4n) is 1.31. The van der Waals surface area contributed by atoms with Crippen LogP contribution < -0.4 is 0 Å². The topological polar surface area (TPSA) is 38.1 Å². The Morgan fingerprint density at radius 3 is 3.00 bits per heavy atom. The third-order valence-electron chi connectivity index (χ3n) is 2.01. The molecular weight excluding hydrogens is 196 g/mol. The Kier molecular flexibility index (Phi) is 5.04. The second kappa shape index (κ2) is 6.09. The van der Waals surface area contributed by atoms with Gasteiger partial charge in [-0.1, -0.05) is 6.92 Å². The standard InChI is InChI=1S/C10H18N2OS/c1-3-7-14-8-10(13)9-5-6-11-12(9)4-2/h5-6,10,13H,3-4,7-8H2,1-2H3. The average Bonchev–Trinajstić information content (AvgIpc) is 2.65. The lowest BCUT2D eigenvalue weighted by atomic mass is 10.3. The van der Waals surface area contributed by atoms with E-state index < -0.39 is 0 Å². The van der Waals surface area contributed by atoms with Crippen LogP contribution in [0.4, 0.5) is 0 Å². The van der Waals surface area contributed by atoms with Gasteiger partial charge in [0, 0.05) is 18.5 Å². The number of aromatic nitrogens is 2. The Hall–Kier alpha value is -0.480. The maximum atomic E-state index is 9.87. The summed E-state index contributed by atoms with van der Waals surface area (Å²) in [6.45, 7) is 5.00. The summed E-state index contributed by atoms with van der Waals surface area (Å²) in [5, 5.41) is 14.0. The van der Waals surface area contributed by atoms with Crippen LogP contribution in [0.2, 0.25) is 0 Å². The van der Waals surface area contributed by atoms with Gasteiger partial charge in [-0.2, -0.15) is 16.9 Å². The van der Waals surface area contributed by atoms with Gasteiger partial charge in [-0.3, -0.25) is 4.68 Å². The molecule has 1 atom stereocenters. The van der Waals surface area contributed by atoms with Gasteiger partial charge in [-0.15, -0.1) is 0 Å². The normalized spacial score (nSPS) is 13.1. The molecule has 1 unspecified atom stereocenters. The molecule has 1 rings (SSSR count). The molecule has 1 aromatic rings. The quantitative estimate of drug-likeness (QED) is 0.737. The van der Waals surface area contributed by atoms with Gasteiger partial charge in [0.1, 0.15) is 6.10 Å². The Morgan fingerprint density at radius 2 is 2.36 bits per heavy atom. The Bertz CT molecular complexity index is 262. The van der Waals surface area contributed by atoms with Crippen molar-refractivity contribution >= 4 is 11.8 Å². The van der Waals surface area contributed by atoms with Gasteiger partial charge >= 0.3 is 0 Å². The minimum absolute atomic E-state index is 0.381. The summed E-state index contributed by atoms with van der Waals surface area (Å²) < 4.78 is 1.84. The van der Waals surface area contributed by atoms with E-state index in [-0.39, 0.29) is 6.10 Å². The van der Waals surface area contributed by atoms with E-state index in [9.17, 15) is 5.11 Å². The highest BCUT2D eigenvalue weighted by atomic mass is 32.2. The molecule has 0 saturated carbocycles. The van der Waals surface area contributed by atoms with Gasteiger partial charge in [-0.25, -0.2) is 0 Å². The van der Waals surface area contributed by atoms with Crippen molar-refractivity contribution in [3.63, 3.8) is 0 Å². The fraction of sp³-hybridized carbons (Fsp3) is 0.700. The molecule has 0 spiro atoms. The molecule has 0 amide bonds. The predicted molar refractivity (Wildman–Crippen MR) is 60.5 cm³/mol. The van der Waals surface area contributed by atoms with Crippen molar-refractivity contribution in [3.05, 3.63) is 18.0 Å². The first-order valence-corrected chi connectivity index (χ1v) is 6.22. The zero-order valence-corrected chi connectivity index (χ0v) is 9.63. The smallest absolute Gasteiger partial charge is 0.105 e. The summed E-state index contributed by atoms with van der Waals surface area (Å²) in [5.41, 5.74) is 0.927. The Morgan fingerprint density at radius 1 is 1.57 bits per heavy atom. The van der Waals surface area contributed by atoms with Crippen LogP contribution >= 0.6 is 11.8 Å². The van der Waals surface area contributed by atoms with E-state index in [4.69, 9.17) is 0 Å². The highest BCUT2D eigenvalue weighted by Crippen LogP contribution is 2.18. The highest BCUT2D eigenvalue weighted by molar-refractivity contribution is 7.99. The number of nitrogens with zero attached hydrogens (tertiary/aromatic N) is 2. The van der Waals surface area contributed by atoms with Crippen LogP contribution in [0.15, 0.2) is 12.3 Å². The van der Waals surface area contributed by atoms with Gasteiger partial charge in [0.15, 0.2) is 0 Å². The van der Waals surface area contributed by atoms with Crippen molar-refractivity contribution in [1.29, 1.82) is 0 Å². The van der Waals surface area contributed by atoms with E-state index in [2.05, 4.69) is 12.0 Å². The SMILES string of the molecule is CCCSCC(O)c1ccnn1CC. The molecule has 0 aliphatic heterocycles. The molecule has 0 aliphatic carbocycles. The molecule has 80 valence electrons. The minimum atomic E-state index is -0.381. The summed E-state index contributed by atoms with van der Waals surface area (Å²) in [6, 6.07) is 1.89. The number of aliphatic hydroxyl groups excluding tert-OH is 1. The van der Waals surface area contributed by atoms with E-state index in [0.29, 0.717) is 0 Å². The van der Waals surface area contributed by atoms with Crippen molar-refractivity contribution in [2.45, 2.75) is 32.9 Å². The van der Waals surface area contributed by atoms with E-state index in [1.165, 1.54) is 0 Å². The first-order chi connectivity index (χ1) is 6.79. The number of hydrogen-bond acceptors (Lipinski definition) is 3. The maximum absolute atomic E-state index is 9.87. The van der Waals surface area contributed by atoms with Gasteiger partial charge in [0.25, 0.3) is 0 Å². The van der Waals surface area contributed by atoms with Gasteiger partial charge in [0.2, 0.25) is 0 Å². The Labute approximate surface area is 89.5 Å². The Balaban J connectivity index is 2.47. The van der Waals surface area contributed by atoms with E-state index in [1.807, 2.05) is 17.7 Å². The third-order valence-corrected chi connectivity index (χ3v) is 3.26. The van der Waals surface area contributed by atoms with Gasteiger partial charge < -0.3 is 5.11 Å². The lowest BCUT2D eigenvalue weighted by molar-refractivity contribution is 0.192. The molecule has 0 radical (unpaired) electrons. The molecule has 0 fully saturated rings. The van der Waals surface area contributed by atoms with Crippen molar-refractivity contribution in [1.82, 2.24) is 9.78 Å². The number of aliphatic hydroxyl groups is 1. The molecule has 3 nitrogen and oxygen atoms in total. The zero-order chi connectivity index (χ0) is 10.4. The fourth-order valence-corrected chi connectivity index (χ4v) is 2.16. The molecule has 4 heteroatoms. The second-order valence-corrected chi connectivity index (χ2v) is 4.31. The number of hydrogen-bond donors (Lipinski definition) is 1. The van der Waals surface area contributed by atoms with Crippen molar-refractivity contribution in [2.24, 2.45) is 0 Å². The van der Waals surface area contributed by atoms with Crippen LogP contribution in [-0.4, -0.2) is 26.4 Å². The van der Waals surface area contributed by atoms with Gasteiger partial charge in [0.05, 0.1) is 5.69 Å². The lowest BCUT2D eigenvalue weighted by Crippen LogP contribution is -2.09. The summed E-state index contributed by atoms with van der Waals surface area (Å²) in [4.78, 5) is 0. The van der Waals surface area contributed by atoms with Crippen molar-refractivity contribution in [3.8, 4) is 0 Å². The maximum Gasteiger partial charge on any atom is 0.105 e. The summed E-state index contributed by atoms with van der Waals surface area (Å²) >= 11 is 1.79. The van der Waals surface area contributed by atoms with Crippen LogP contribution in [0.1, 0.15) is 32.1 Å². The van der Waals surface area contributed by atoms with Gasteiger partial charge in [-0.05, 0) is 25.2 Å². The van der Waals surface area contributed by atoms with E-state index in [1.54, 1.807) is 18.0 Å². The predicted octanol–water partition coefficient (Wildman–Crippen LogP) is 2.08. The van der Waals surface area contributed by atoms with Crippen molar-refractivity contribution in [2.75, 3.05) is 11.5 Å². The second-order valence-electron chi connectivity index (χ2n) is 3.16. The molecular formula is C10H18N2OS. The molecule has 14 heavy (non-hydrogen) atoms. The monoisotopic (exact) mass is 214 g/mol. The van der Waals surface area contributed by atoms with Crippen LogP contribution in [0.3, 0.4) is 0 Å². The van der Waals surface area contributed by atoms with E-state index in [0.717, 1.165) is 30.2 Å². The summed E-state index contributed by atoms with van der Waals surface area (Å²) in [6.07, 6.45) is 2.52. The lowest BCUT2D eigenvalue weighted by Gasteiger charge is -2.11. The molecule has 1 N–H and O–H groups in total. The first-order valence-electron chi connectivity index (χ1n) is 5.07. The summed E-state index contributed by atoms with van der Waals surface area (Å²) in [7, 11) is 0. The highest BCUT2D eigenvalue weighted by Gasteiger charge is 2.11. The molecule has 0 aliphatic rings. The van der Waals surface area contributed by atoms with Crippen molar-refractivity contribution < 1.29 is 5.11 Å². The number of thioether (sulfide) groups is 1. The molecule has 0 aromatic carbocycles. The van der Waals surface area contributed by atoms with Crippen LogP contribution in [-0.2, 0) is 6.54 Å². The molecule has 1 heterocycles. The minimum Gasteiger partial charge on any atom is -0.386 e. The largest absolute Gasteiger partial charge is 0.386 e. The van der Waals surface area contributed by atoms with Crippen LogP contribution in [0.25, 0.3) is 0 Å². The third kappa shape index (κ3) is 3.03. The molecule has 0 saturated heterocycles. The average molecular weight is 214 g/mol. The van der Waals surface area contributed by atoms with Crippen LogP contribution in [0, 0.1) is 0 Å². The zero-order valence-electron chi connectivity index (χ0n) is 8.81. The molecule has 1 aromatic heterocycles. The first kappa shape index (κ1) is 11.6. The van der Waals surface area contributed by atoms with Crippen LogP contribution in [0.5, 0.6) is 0 Å².